The van der Waals surface area contributed by atoms with E-state index in [9.17, 15) is 12.8 Å². The Hall–Kier alpha value is -2.78. The van der Waals surface area contributed by atoms with Crippen molar-refractivity contribution in [2.45, 2.75) is 4.90 Å². The minimum atomic E-state index is -4.13. The van der Waals surface area contributed by atoms with E-state index >= 15 is 0 Å². The summed E-state index contributed by atoms with van der Waals surface area (Å²) in [6.07, 6.45) is 5.61. The maximum atomic E-state index is 13.3. The third kappa shape index (κ3) is 3.52. The smallest absolute Gasteiger partial charge is 0.266 e. The van der Waals surface area contributed by atoms with Crippen LogP contribution < -0.4 is 10.5 Å². The number of nitrogens with one attached hydrogen (secondary N) is 1. The lowest BCUT2D eigenvalue weighted by Gasteiger charge is -2.14. The van der Waals surface area contributed by atoms with Crippen molar-refractivity contribution in [3.05, 3.63) is 60.0 Å². The lowest BCUT2D eigenvalue weighted by atomic mass is 10.1. The fourth-order valence-electron chi connectivity index (χ4n) is 2.18. The van der Waals surface area contributed by atoms with Gasteiger partial charge in [0.2, 0.25) is 0 Å². The van der Waals surface area contributed by atoms with Gasteiger partial charge in [0.25, 0.3) is 10.0 Å². The summed E-state index contributed by atoms with van der Waals surface area (Å²) in [5.74, 6) is -0.852. The van der Waals surface area contributed by atoms with Crippen LogP contribution in [0.5, 0.6) is 0 Å². The highest BCUT2D eigenvalue weighted by molar-refractivity contribution is 7.93. The highest BCUT2D eigenvalue weighted by Gasteiger charge is 2.24. The second-order valence-corrected chi connectivity index (χ2v) is 6.96. The molecular formula is C15H11ClFN5O2S. The number of rotatable bonds is 4. The number of aromatic nitrogens is 3. The van der Waals surface area contributed by atoms with Crippen molar-refractivity contribution in [3.63, 3.8) is 0 Å². The van der Waals surface area contributed by atoms with E-state index in [2.05, 4.69) is 19.7 Å². The van der Waals surface area contributed by atoms with Crippen LogP contribution in [0.1, 0.15) is 0 Å². The zero-order valence-corrected chi connectivity index (χ0v) is 14.1. The Morgan fingerprint density at radius 3 is 2.56 bits per heavy atom. The van der Waals surface area contributed by atoms with Gasteiger partial charge >= 0.3 is 0 Å². The quantitative estimate of drug-likeness (QED) is 0.721. The Balaban J connectivity index is 2.10. The van der Waals surface area contributed by atoms with E-state index < -0.39 is 15.8 Å². The first-order chi connectivity index (χ1) is 11.9. The largest absolute Gasteiger partial charge is 0.383 e. The van der Waals surface area contributed by atoms with Crippen molar-refractivity contribution < 1.29 is 12.8 Å². The molecule has 7 nitrogen and oxygen atoms in total. The summed E-state index contributed by atoms with van der Waals surface area (Å²) >= 11 is 5.68. The van der Waals surface area contributed by atoms with Crippen LogP contribution in [0, 0.1) is 5.82 Å². The summed E-state index contributed by atoms with van der Waals surface area (Å²) in [4.78, 5) is 11.4. The van der Waals surface area contributed by atoms with Crippen LogP contribution in [0.2, 0.25) is 5.02 Å². The Labute approximate surface area is 147 Å². The minimum absolute atomic E-state index is 0.0879. The number of anilines is 2. The first-order valence-electron chi connectivity index (χ1n) is 6.86. The standard InChI is InChI=1S/C15H11ClFN5O2S/c16-12-5-10(1-2-13(12)17)22-25(23,24)14-11(3-4-21-15(14)18)9-6-19-8-20-7-9/h1-8,22H,(H2,18,21). The average Bonchev–Trinajstić information content (AvgIpc) is 2.58. The van der Waals surface area contributed by atoms with Gasteiger partial charge in [-0.05, 0) is 24.3 Å². The van der Waals surface area contributed by atoms with E-state index in [0.29, 0.717) is 5.56 Å². The summed E-state index contributed by atoms with van der Waals surface area (Å²) in [6, 6.07) is 4.95. The van der Waals surface area contributed by atoms with Crippen LogP contribution in [0.4, 0.5) is 15.9 Å². The maximum Gasteiger partial charge on any atom is 0.266 e. The summed E-state index contributed by atoms with van der Waals surface area (Å²) in [5, 5.41) is -0.212. The minimum Gasteiger partial charge on any atom is -0.383 e. The molecule has 0 amide bonds. The molecule has 0 spiro atoms. The Morgan fingerprint density at radius 1 is 1.16 bits per heavy atom. The molecular weight excluding hydrogens is 369 g/mol. The van der Waals surface area contributed by atoms with Crippen molar-refractivity contribution in [2.24, 2.45) is 0 Å². The van der Waals surface area contributed by atoms with Crippen molar-refractivity contribution in [1.29, 1.82) is 0 Å². The number of nitrogens with zero attached hydrogens (tertiary/aromatic N) is 3. The van der Waals surface area contributed by atoms with Crippen LogP contribution in [0.25, 0.3) is 11.1 Å². The van der Waals surface area contributed by atoms with E-state index in [4.69, 9.17) is 17.3 Å². The predicted octanol–water partition coefficient (Wildman–Crippen LogP) is 2.71. The molecule has 0 aliphatic rings. The second kappa shape index (κ2) is 6.61. The lowest BCUT2D eigenvalue weighted by molar-refractivity contribution is 0.601. The molecule has 3 N–H and O–H groups in total. The fraction of sp³-hybridized carbons (Fsp3) is 0. The van der Waals surface area contributed by atoms with Gasteiger partial charge in [-0.1, -0.05) is 11.6 Å². The number of hydrogen-bond acceptors (Lipinski definition) is 6. The average molecular weight is 380 g/mol. The van der Waals surface area contributed by atoms with Gasteiger partial charge in [-0.3, -0.25) is 4.72 Å². The topological polar surface area (TPSA) is 111 Å². The number of hydrogen-bond donors (Lipinski definition) is 2. The number of nitrogen functional groups attached to an aromatic ring is 1. The molecule has 10 heteroatoms. The number of benzene rings is 1. The van der Waals surface area contributed by atoms with E-state index in [0.717, 1.165) is 12.1 Å². The second-order valence-electron chi connectivity index (χ2n) is 4.93. The summed E-state index contributed by atoms with van der Waals surface area (Å²) in [5.41, 5.74) is 6.62. The molecule has 0 saturated carbocycles. The fourth-order valence-corrected chi connectivity index (χ4v) is 3.70. The molecule has 0 saturated heterocycles. The SMILES string of the molecule is Nc1nccc(-c2cncnc2)c1S(=O)(=O)Nc1ccc(F)c(Cl)c1. The van der Waals surface area contributed by atoms with Crippen LogP contribution in [0.3, 0.4) is 0 Å². The molecule has 128 valence electrons. The van der Waals surface area contributed by atoms with Crippen LogP contribution in [0.15, 0.2) is 54.1 Å². The monoisotopic (exact) mass is 379 g/mol. The van der Waals surface area contributed by atoms with Crippen molar-refractivity contribution in [2.75, 3.05) is 10.5 Å². The summed E-state index contributed by atoms with van der Waals surface area (Å²) in [7, 11) is -4.13. The molecule has 0 bridgehead atoms. The molecule has 1 aromatic carbocycles. The van der Waals surface area contributed by atoms with Gasteiger partial charge < -0.3 is 5.73 Å². The first kappa shape index (κ1) is 17.1. The van der Waals surface area contributed by atoms with E-state index in [-0.39, 0.29) is 27.0 Å². The van der Waals surface area contributed by atoms with Crippen molar-refractivity contribution in [1.82, 2.24) is 15.0 Å². The molecule has 2 aromatic heterocycles. The molecule has 0 fully saturated rings. The third-order valence-corrected chi connectivity index (χ3v) is 5.00. The Kier molecular flexibility index (Phi) is 4.51. The van der Waals surface area contributed by atoms with Crippen LogP contribution in [-0.2, 0) is 10.0 Å². The molecule has 0 aliphatic heterocycles. The normalized spacial score (nSPS) is 11.3. The molecule has 0 radical (unpaired) electrons. The van der Waals surface area contributed by atoms with E-state index in [1.165, 1.54) is 37.1 Å². The molecule has 3 rings (SSSR count). The zero-order valence-electron chi connectivity index (χ0n) is 12.5. The number of halogens is 2. The summed E-state index contributed by atoms with van der Waals surface area (Å²) < 4.78 is 41.2. The number of sulfonamides is 1. The highest BCUT2D eigenvalue weighted by Crippen LogP contribution is 2.31. The molecule has 0 aliphatic carbocycles. The molecule has 25 heavy (non-hydrogen) atoms. The van der Waals surface area contributed by atoms with Crippen LogP contribution >= 0.6 is 11.6 Å². The van der Waals surface area contributed by atoms with Gasteiger partial charge in [0, 0.05) is 29.7 Å². The molecule has 2 heterocycles. The van der Waals surface area contributed by atoms with Gasteiger partial charge in [0.1, 0.15) is 22.9 Å². The zero-order chi connectivity index (χ0) is 18.0. The van der Waals surface area contributed by atoms with Gasteiger partial charge in [-0.25, -0.2) is 27.8 Å². The Morgan fingerprint density at radius 2 is 1.88 bits per heavy atom. The maximum absolute atomic E-state index is 13.3. The number of nitrogens with two attached hydrogens (primary N) is 1. The molecule has 0 unspecified atom stereocenters. The third-order valence-electron chi connectivity index (χ3n) is 3.24. The Bertz CT molecular complexity index is 1030. The van der Waals surface area contributed by atoms with Gasteiger partial charge in [-0.15, -0.1) is 0 Å². The van der Waals surface area contributed by atoms with Crippen LogP contribution in [-0.4, -0.2) is 23.4 Å². The predicted molar refractivity (Wildman–Crippen MR) is 91.9 cm³/mol. The molecule has 0 atom stereocenters. The lowest BCUT2D eigenvalue weighted by Crippen LogP contribution is -2.17. The van der Waals surface area contributed by atoms with Crippen molar-refractivity contribution >= 4 is 33.1 Å². The van der Waals surface area contributed by atoms with E-state index in [1.54, 1.807) is 0 Å². The summed E-state index contributed by atoms with van der Waals surface area (Å²) in [6.45, 7) is 0. The van der Waals surface area contributed by atoms with Gasteiger partial charge in [0.05, 0.1) is 10.7 Å². The van der Waals surface area contributed by atoms with E-state index in [1.807, 2.05) is 0 Å². The van der Waals surface area contributed by atoms with Gasteiger partial charge in [0.15, 0.2) is 0 Å². The van der Waals surface area contributed by atoms with Crippen molar-refractivity contribution in [3.8, 4) is 11.1 Å². The first-order valence-corrected chi connectivity index (χ1v) is 8.72. The highest BCUT2D eigenvalue weighted by atomic mass is 35.5. The van der Waals surface area contributed by atoms with Gasteiger partial charge in [-0.2, -0.15) is 0 Å². The molecule has 3 aromatic rings. The number of pyridine rings is 1.